The van der Waals surface area contributed by atoms with Crippen LogP contribution in [0.15, 0.2) is 41.0 Å². The quantitative estimate of drug-likeness (QED) is 0.645. The third-order valence-electron chi connectivity index (χ3n) is 2.96. The zero-order valence-electron chi connectivity index (χ0n) is 11.0. The van der Waals surface area contributed by atoms with Crippen LogP contribution in [0.3, 0.4) is 0 Å². The van der Waals surface area contributed by atoms with E-state index in [4.69, 9.17) is 4.42 Å². The van der Waals surface area contributed by atoms with Crippen molar-refractivity contribution in [1.82, 2.24) is 0 Å². The Hall–Kier alpha value is -2.37. The summed E-state index contributed by atoms with van der Waals surface area (Å²) in [6, 6.07) is 7.21. The highest BCUT2D eigenvalue weighted by atomic mass is 19.1. The van der Waals surface area contributed by atoms with Crippen molar-refractivity contribution in [3.63, 3.8) is 0 Å². The molecule has 6 heteroatoms. The zero-order chi connectivity index (χ0) is 14.5. The highest BCUT2D eigenvalue weighted by Gasteiger charge is 2.16. The summed E-state index contributed by atoms with van der Waals surface area (Å²) in [5.41, 5.74) is 0.0678. The highest BCUT2D eigenvalue weighted by Crippen LogP contribution is 2.26. The number of hydrogen-bond donors (Lipinski definition) is 1. The minimum atomic E-state index is -0.620. The normalized spacial score (nSPS) is 12.1. The van der Waals surface area contributed by atoms with Gasteiger partial charge < -0.3 is 9.73 Å². The minimum Gasteiger partial charge on any atom is -0.469 e. The summed E-state index contributed by atoms with van der Waals surface area (Å²) in [5.74, 6) is 0.248. The Bertz CT molecular complexity index is 584. The number of nitro benzene ring substituents is 1. The molecular formula is C14H15FN2O3. The number of anilines is 1. The Morgan fingerprint density at radius 2 is 2.25 bits per heavy atom. The number of nitrogens with zero attached hydrogens (tertiary/aromatic N) is 1. The van der Waals surface area contributed by atoms with E-state index >= 15 is 0 Å². The van der Waals surface area contributed by atoms with E-state index in [9.17, 15) is 14.5 Å². The molecule has 0 aliphatic heterocycles. The standard InChI is InChI=1S/C14H15FN2O3/c1-10(4-6-12-3-2-8-20-12)16-13-7-5-11(15)9-14(13)17(18)19/h2-3,5,7-10,16H,4,6H2,1H3. The van der Waals surface area contributed by atoms with Crippen LogP contribution in [-0.2, 0) is 6.42 Å². The summed E-state index contributed by atoms with van der Waals surface area (Å²) in [5, 5.41) is 13.9. The maximum Gasteiger partial charge on any atom is 0.295 e. The fraction of sp³-hybridized carbons (Fsp3) is 0.286. The van der Waals surface area contributed by atoms with Crippen molar-refractivity contribution >= 4 is 11.4 Å². The molecular weight excluding hydrogens is 263 g/mol. The fourth-order valence-electron chi connectivity index (χ4n) is 1.93. The zero-order valence-corrected chi connectivity index (χ0v) is 11.0. The molecule has 1 aromatic carbocycles. The molecule has 0 saturated heterocycles. The average Bonchev–Trinajstić information content (AvgIpc) is 2.91. The van der Waals surface area contributed by atoms with Crippen LogP contribution in [0.2, 0.25) is 0 Å². The van der Waals surface area contributed by atoms with Gasteiger partial charge in [-0.2, -0.15) is 0 Å². The molecule has 0 bridgehead atoms. The molecule has 106 valence electrons. The van der Waals surface area contributed by atoms with Gasteiger partial charge in [-0.3, -0.25) is 10.1 Å². The Kier molecular flexibility index (Phi) is 4.34. The van der Waals surface area contributed by atoms with E-state index < -0.39 is 10.7 Å². The van der Waals surface area contributed by atoms with E-state index in [1.807, 2.05) is 19.1 Å². The second-order valence-electron chi connectivity index (χ2n) is 4.58. The first-order chi connectivity index (χ1) is 9.56. The molecule has 0 aliphatic rings. The lowest BCUT2D eigenvalue weighted by molar-refractivity contribution is -0.384. The van der Waals surface area contributed by atoms with Gasteiger partial charge in [-0.15, -0.1) is 0 Å². The summed E-state index contributed by atoms with van der Waals surface area (Å²) in [6.45, 7) is 1.91. The van der Waals surface area contributed by atoms with Crippen LogP contribution in [0, 0.1) is 15.9 Å². The Balaban J connectivity index is 2.00. The van der Waals surface area contributed by atoms with Crippen LogP contribution in [0.1, 0.15) is 19.1 Å². The second-order valence-corrected chi connectivity index (χ2v) is 4.58. The molecule has 0 fully saturated rings. The van der Waals surface area contributed by atoms with Crippen molar-refractivity contribution < 1.29 is 13.7 Å². The minimum absolute atomic E-state index is 0.00395. The lowest BCUT2D eigenvalue weighted by atomic mass is 10.1. The number of hydrogen-bond acceptors (Lipinski definition) is 4. The summed E-state index contributed by atoms with van der Waals surface area (Å²) in [6.07, 6.45) is 3.09. The summed E-state index contributed by atoms with van der Waals surface area (Å²) in [4.78, 5) is 10.3. The summed E-state index contributed by atoms with van der Waals surface area (Å²) >= 11 is 0. The van der Waals surface area contributed by atoms with Crippen LogP contribution in [0.5, 0.6) is 0 Å². The average molecular weight is 278 g/mol. The first-order valence-corrected chi connectivity index (χ1v) is 6.29. The Morgan fingerprint density at radius 3 is 2.90 bits per heavy atom. The summed E-state index contributed by atoms with van der Waals surface area (Å²) < 4.78 is 18.3. The molecule has 1 heterocycles. The molecule has 0 saturated carbocycles. The van der Waals surface area contributed by atoms with Crippen LogP contribution < -0.4 is 5.32 Å². The monoisotopic (exact) mass is 278 g/mol. The number of halogens is 1. The lowest BCUT2D eigenvalue weighted by Crippen LogP contribution is -2.16. The van der Waals surface area contributed by atoms with Crippen LogP contribution in [-0.4, -0.2) is 11.0 Å². The SMILES string of the molecule is CC(CCc1ccco1)Nc1ccc(F)cc1[N+](=O)[O-]. The van der Waals surface area contributed by atoms with Crippen LogP contribution in [0.25, 0.3) is 0 Å². The van der Waals surface area contributed by atoms with Gasteiger partial charge in [0.1, 0.15) is 17.3 Å². The van der Waals surface area contributed by atoms with Crippen molar-refractivity contribution in [2.75, 3.05) is 5.32 Å². The van der Waals surface area contributed by atoms with Gasteiger partial charge in [0.2, 0.25) is 0 Å². The number of aryl methyl sites for hydroxylation is 1. The Labute approximate surface area is 115 Å². The van der Waals surface area contributed by atoms with E-state index in [2.05, 4.69) is 5.32 Å². The van der Waals surface area contributed by atoms with Gasteiger partial charge in [0.05, 0.1) is 17.3 Å². The predicted octanol–water partition coefficient (Wildman–Crippen LogP) is 3.76. The molecule has 2 aromatic rings. The molecule has 1 atom stereocenters. The molecule has 1 unspecified atom stereocenters. The first-order valence-electron chi connectivity index (χ1n) is 6.29. The highest BCUT2D eigenvalue weighted by molar-refractivity contribution is 5.61. The largest absolute Gasteiger partial charge is 0.469 e. The first kappa shape index (κ1) is 14.0. The van der Waals surface area contributed by atoms with Gasteiger partial charge in [-0.25, -0.2) is 4.39 Å². The van der Waals surface area contributed by atoms with Gasteiger partial charge in [0.25, 0.3) is 5.69 Å². The number of furan rings is 1. The topological polar surface area (TPSA) is 68.3 Å². The van der Waals surface area contributed by atoms with Crippen molar-refractivity contribution in [2.24, 2.45) is 0 Å². The molecule has 1 N–H and O–H groups in total. The molecule has 2 rings (SSSR count). The van der Waals surface area contributed by atoms with Crippen molar-refractivity contribution in [3.8, 4) is 0 Å². The van der Waals surface area contributed by atoms with Crippen molar-refractivity contribution in [1.29, 1.82) is 0 Å². The smallest absolute Gasteiger partial charge is 0.295 e. The summed E-state index contributed by atoms with van der Waals surface area (Å²) in [7, 11) is 0. The van der Waals surface area contributed by atoms with E-state index in [-0.39, 0.29) is 11.7 Å². The molecule has 5 nitrogen and oxygen atoms in total. The fourth-order valence-corrected chi connectivity index (χ4v) is 1.93. The molecule has 0 amide bonds. The van der Waals surface area contributed by atoms with Gasteiger partial charge in [-0.1, -0.05) is 0 Å². The van der Waals surface area contributed by atoms with Gasteiger partial charge in [-0.05, 0) is 37.6 Å². The molecule has 0 aliphatic carbocycles. The second kappa shape index (κ2) is 6.18. The molecule has 1 aromatic heterocycles. The number of nitrogens with one attached hydrogen (secondary N) is 1. The Morgan fingerprint density at radius 1 is 1.45 bits per heavy atom. The number of rotatable bonds is 6. The third-order valence-corrected chi connectivity index (χ3v) is 2.96. The van der Waals surface area contributed by atoms with Gasteiger partial charge >= 0.3 is 0 Å². The van der Waals surface area contributed by atoms with E-state index in [1.54, 1.807) is 6.26 Å². The third kappa shape index (κ3) is 3.57. The van der Waals surface area contributed by atoms with E-state index in [0.717, 1.165) is 24.7 Å². The van der Waals surface area contributed by atoms with Gasteiger partial charge in [0.15, 0.2) is 0 Å². The van der Waals surface area contributed by atoms with E-state index in [0.29, 0.717) is 5.69 Å². The molecule has 0 spiro atoms. The van der Waals surface area contributed by atoms with Crippen LogP contribution >= 0.6 is 0 Å². The molecule has 0 radical (unpaired) electrons. The van der Waals surface area contributed by atoms with Crippen molar-refractivity contribution in [3.05, 3.63) is 58.3 Å². The number of nitro groups is 1. The van der Waals surface area contributed by atoms with Crippen molar-refractivity contribution in [2.45, 2.75) is 25.8 Å². The van der Waals surface area contributed by atoms with Gasteiger partial charge in [0, 0.05) is 12.5 Å². The predicted molar refractivity (Wildman–Crippen MR) is 73.2 cm³/mol. The lowest BCUT2D eigenvalue weighted by Gasteiger charge is -2.14. The van der Waals surface area contributed by atoms with E-state index in [1.165, 1.54) is 12.1 Å². The van der Waals surface area contributed by atoms with Crippen LogP contribution in [0.4, 0.5) is 15.8 Å². The molecule has 20 heavy (non-hydrogen) atoms. The maximum atomic E-state index is 13.0. The maximum absolute atomic E-state index is 13.0. The number of benzene rings is 1.